The van der Waals surface area contributed by atoms with E-state index in [1.807, 2.05) is 80.9 Å². The Kier molecular flexibility index (Phi) is 7.48. The SMILES string of the molecule is Cc1cc(C)nc(C(=O)N[C@@H](C(=O)N2CCC3(CCN(C)C(=O)C3c3ccccc3)CC2)C(C)C)c1. The van der Waals surface area contributed by atoms with Crippen molar-refractivity contribution < 1.29 is 14.4 Å². The molecule has 2 aromatic rings. The lowest BCUT2D eigenvalue weighted by molar-refractivity contribution is -0.144. The van der Waals surface area contributed by atoms with E-state index in [9.17, 15) is 14.4 Å². The van der Waals surface area contributed by atoms with Crippen LogP contribution in [0.2, 0.25) is 0 Å². The molecule has 7 nitrogen and oxygen atoms in total. The summed E-state index contributed by atoms with van der Waals surface area (Å²) in [5.74, 6) is -0.475. The molecule has 1 spiro atoms. The second-order valence-corrected chi connectivity index (χ2v) is 10.9. The number of nitrogens with one attached hydrogen (secondary N) is 1. The fraction of sp³-hybridized carbons (Fsp3) is 0.517. The molecule has 2 aliphatic heterocycles. The van der Waals surface area contributed by atoms with E-state index in [-0.39, 0.29) is 35.0 Å². The van der Waals surface area contributed by atoms with Crippen molar-refractivity contribution in [2.45, 2.75) is 58.9 Å². The fourth-order valence-electron chi connectivity index (χ4n) is 5.86. The van der Waals surface area contributed by atoms with E-state index < -0.39 is 6.04 Å². The van der Waals surface area contributed by atoms with Crippen LogP contribution in [-0.2, 0) is 9.59 Å². The molecule has 0 bridgehead atoms. The lowest BCUT2D eigenvalue weighted by Crippen LogP contribution is -2.57. The zero-order valence-electron chi connectivity index (χ0n) is 22.1. The van der Waals surface area contributed by atoms with Crippen molar-refractivity contribution in [3.05, 3.63) is 65.0 Å². The minimum absolute atomic E-state index is 0.0620. The smallest absolute Gasteiger partial charge is 0.270 e. The van der Waals surface area contributed by atoms with E-state index in [2.05, 4.69) is 10.3 Å². The van der Waals surface area contributed by atoms with Crippen LogP contribution in [0.5, 0.6) is 0 Å². The van der Waals surface area contributed by atoms with Gasteiger partial charge in [-0.25, -0.2) is 4.98 Å². The minimum atomic E-state index is -0.627. The van der Waals surface area contributed by atoms with Crippen molar-refractivity contribution in [3.8, 4) is 0 Å². The summed E-state index contributed by atoms with van der Waals surface area (Å²) in [6.45, 7) is 9.59. The first-order valence-corrected chi connectivity index (χ1v) is 13.0. The number of hydrogen-bond acceptors (Lipinski definition) is 4. The number of benzene rings is 1. The molecule has 3 amide bonds. The molecular formula is C29H38N4O3. The number of likely N-dealkylation sites (N-methyl/N-ethyl adjacent to an activating group) is 1. The van der Waals surface area contributed by atoms with Gasteiger partial charge in [0.1, 0.15) is 11.7 Å². The Morgan fingerprint density at radius 2 is 1.67 bits per heavy atom. The van der Waals surface area contributed by atoms with Crippen molar-refractivity contribution in [2.24, 2.45) is 11.3 Å². The Morgan fingerprint density at radius 3 is 2.28 bits per heavy atom. The summed E-state index contributed by atoms with van der Waals surface area (Å²) in [5.41, 5.74) is 2.97. The third-order valence-electron chi connectivity index (χ3n) is 7.93. The van der Waals surface area contributed by atoms with Crippen LogP contribution in [0.4, 0.5) is 0 Å². The minimum Gasteiger partial charge on any atom is -0.345 e. The van der Waals surface area contributed by atoms with Gasteiger partial charge in [-0.15, -0.1) is 0 Å². The van der Waals surface area contributed by atoms with Gasteiger partial charge >= 0.3 is 0 Å². The number of hydrogen-bond donors (Lipinski definition) is 1. The average Bonchev–Trinajstić information content (AvgIpc) is 2.85. The molecule has 2 fully saturated rings. The first-order valence-electron chi connectivity index (χ1n) is 13.0. The van der Waals surface area contributed by atoms with Gasteiger partial charge in [-0.2, -0.15) is 0 Å². The number of aromatic nitrogens is 1. The van der Waals surface area contributed by atoms with Crippen LogP contribution in [-0.4, -0.2) is 65.2 Å². The van der Waals surface area contributed by atoms with Crippen molar-refractivity contribution >= 4 is 17.7 Å². The zero-order chi connectivity index (χ0) is 26.0. The van der Waals surface area contributed by atoms with Crippen LogP contribution >= 0.6 is 0 Å². The maximum atomic E-state index is 13.6. The highest BCUT2D eigenvalue weighted by Gasteiger charge is 2.50. The normalized spacial score (nSPS) is 20.5. The van der Waals surface area contributed by atoms with Gasteiger partial charge in [-0.3, -0.25) is 14.4 Å². The van der Waals surface area contributed by atoms with Gasteiger partial charge in [0.2, 0.25) is 11.8 Å². The standard InChI is InChI=1S/C29H38N4O3/c1-19(2)25(31-26(34)23-18-20(3)17-21(4)30-23)28(36)33-15-12-29(13-16-33)11-14-32(5)27(35)24(29)22-9-7-6-8-10-22/h6-10,17-19,24-25H,11-16H2,1-5H3,(H,31,34)/t24?,25-/m1/s1. The Morgan fingerprint density at radius 1 is 1.03 bits per heavy atom. The lowest BCUT2D eigenvalue weighted by atomic mass is 9.62. The third-order valence-corrected chi connectivity index (χ3v) is 7.93. The third kappa shape index (κ3) is 5.15. The van der Waals surface area contributed by atoms with E-state index in [1.54, 1.807) is 6.07 Å². The van der Waals surface area contributed by atoms with Crippen LogP contribution in [0, 0.1) is 25.2 Å². The number of amides is 3. The molecule has 4 rings (SSSR count). The van der Waals surface area contributed by atoms with E-state index >= 15 is 0 Å². The number of piperidine rings is 2. The molecule has 3 heterocycles. The Balaban J connectivity index is 1.49. The molecule has 1 unspecified atom stereocenters. The molecule has 36 heavy (non-hydrogen) atoms. The predicted molar refractivity (Wildman–Crippen MR) is 139 cm³/mol. The summed E-state index contributed by atoms with van der Waals surface area (Å²) in [5, 5.41) is 2.95. The largest absolute Gasteiger partial charge is 0.345 e. The first kappa shape index (κ1) is 25.9. The van der Waals surface area contributed by atoms with Crippen molar-refractivity contribution in [1.82, 2.24) is 20.1 Å². The molecule has 0 aliphatic carbocycles. The fourth-order valence-corrected chi connectivity index (χ4v) is 5.86. The summed E-state index contributed by atoms with van der Waals surface area (Å²) in [4.78, 5) is 47.9. The molecule has 1 aromatic heterocycles. The van der Waals surface area contributed by atoms with E-state index in [0.717, 1.165) is 42.6 Å². The molecule has 7 heteroatoms. The van der Waals surface area contributed by atoms with Crippen molar-refractivity contribution in [3.63, 3.8) is 0 Å². The quantitative estimate of drug-likeness (QED) is 0.693. The van der Waals surface area contributed by atoms with E-state index in [1.165, 1.54) is 0 Å². The summed E-state index contributed by atoms with van der Waals surface area (Å²) in [6, 6.07) is 13.1. The van der Waals surface area contributed by atoms with Gasteiger partial charge in [0.05, 0.1) is 5.92 Å². The highest BCUT2D eigenvalue weighted by Crippen LogP contribution is 2.50. The second kappa shape index (κ2) is 10.4. The van der Waals surface area contributed by atoms with Gasteiger partial charge in [-0.1, -0.05) is 44.2 Å². The number of pyridine rings is 1. The average molecular weight is 491 g/mol. The number of nitrogens with zero attached hydrogens (tertiary/aromatic N) is 3. The second-order valence-electron chi connectivity index (χ2n) is 10.9. The van der Waals surface area contributed by atoms with Crippen LogP contribution in [0.15, 0.2) is 42.5 Å². The maximum absolute atomic E-state index is 13.6. The van der Waals surface area contributed by atoms with Crippen LogP contribution in [0.25, 0.3) is 0 Å². The molecule has 1 aromatic carbocycles. The molecule has 0 saturated carbocycles. The van der Waals surface area contributed by atoms with E-state index in [0.29, 0.717) is 18.8 Å². The molecule has 192 valence electrons. The Hall–Kier alpha value is -3.22. The van der Waals surface area contributed by atoms with Crippen LogP contribution in [0.1, 0.15) is 66.3 Å². The molecule has 2 saturated heterocycles. The van der Waals surface area contributed by atoms with Crippen LogP contribution < -0.4 is 5.32 Å². The highest BCUT2D eigenvalue weighted by molar-refractivity contribution is 5.96. The first-order chi connectivity index (χ1) is 17.1. The summed E-state index contributed by atoms with van der Waals surface area (Å²) in [6.07, 6.45) is 2.48. The molecule has 1 N–H and O–H groups in total. The number of carbonyl (C=O) groups excluding carboxylic acids is 3. The molecular weight excluding hydrogens is 452 g/mol. The van der Waals surface area contributed by atoms with Crippen molar-refractivity contribution in [1.29, 1.82) is 0 Å². The molecule has 2 atom stereocenters. The predicted octanol–water partition coefficient (Wildman–Crippen LogP) is 3.71. The van der Waals surface area contributed by atoms with E-state index in [4.69, 9.17) is 0 Å². The van der Waals surface area contributed by atoms with Gasteiger partial charge < -0.3 is 15.1 Å². The molecule has 0 radical (unpaired) electrons. The summed E-state index contributed by atoms with van der Waals surface area (Å²) < 4.78 is 0. The highest BCUT2D eigenvalue weighted by atomic mass is 16.2. The summed E-state index contributed by atoms with van der Waals surface area (Å²) >= 11 is 0. The van der Waals surface area contributed by atoms with Gasteiger partial charge in [-0.05, 0) is 67.7 Å². The van der Waals surface area contributed by atoms with Crippen LogP contribution in [0.3, 0.4) is 0 Å². The van der Waals surface area contributed by atoms with Gasteiger partial charge in [0, 0.05) is 32.4 Å². The van der Waals surface area contributed by atoms with Gasteiger partial charge in [0.15, 0.2) is 0 Å². The maximum Gasteiger partial charge on any atom is 0.270 e. The monoisotopic (exact) mass is 490 g/mol. The topological polar surface area (TPSA) is 82.6 Å². The molecule has 2 aliphatic rings. The lowest BCUT2D eigenvalue weighted by Gasteiger charge is -2.51. The van der Waals surface area contributed by atoms with Crippen molar-refractivity contribution in [2.75, 3.05) is 26.7 Å². The Bertz CT molecular complexity index is 1100. The Labute approximate surface area is 214 Å². The summed E-state index contributed by atoms with van der Waals surface area (Å²) in [7, 11) is 1.88. The van der Waals surface area contributed by atoms with Gasteiger partial charge in [0.25, 0.3) is 5.91 Å². The number of likely N-dealkylation sites (tertiary alicyclic amines) is 2. The number of aryl methyl sites for hydroxylation is 2. The number of carbonyl (C=O) groups is 3. The zero-order valence-corrected chi connectivity index (χ0v) is 22.1. The number of rotatable bonds is 5.